The fourth-order valence-electron chi connectivity index (χ4n) is 1.87. The molecule has 0 aliphatic rings. The van der Waals surface area contributed by atoms with Crippen molar-refractivity contribution in [3.63, 3.8) is 0 Å². The second-order valence-corrected chi connectivity index (χ2v) is 7.83. The molecule has 2 rings (SSSR count). The quantitative estimate of drug-likeness (QED) is 0.857. The van der Waals surface area contributed by atoms with E-state index in [9.17, 15) is 5.11 Å². The van der Waals surface area contributed by atoms with E-state index in [0.717, 1.165) is 11.4 Å². The standard InChI is InChI=1S/C17H21NOS2/c1-13(16-6-5-11-20-16)18(4)12-15-8-7-14(21-15)9-10-17(2,3)19/h5-8,11,13,19H,12H2,1-4H3/t13-/m0/s1. The van der Waals surface area contributed by atoms with Crippen LogP contribution >= 0.6 is 22.7 Å². The normalized spacial score (nSPS) is 13.0. The molecule has 4 heteroatoms. The Bertz CT molecular complexity index is 626. The summed E-state index contributed by atoms with van der Waals surface area (Å²) >= 11 is 3.49. The Labute approximate surface area is 135 Å². The molecule has 2 nitrogen and oxygen atoms in total. The molecule has 0 saturated heterocycles. The van der Waals surface area contributed by atoms with Crippen LogP contribution in [-0.2, 0) is 6.54 Å². The molecular formula is C17H21NOS2. The van der Waals surface area contributed by atoms with Crippen LogP contribution in [0.15, 0.2) is 29.6 Å². The SMILES string of the molecule is C[C@@H](c1cccs1)N(C)Cc1ccc(C#CC(C)(C)O)s1. The minimum absolute atomic E-state index is 0.415. The van der Waals surface area contributed by atoms with Crippen molar-refractivity contribution >= 4 is 22.7 Å². The molecule has 0 bridgehead atoms. The molecule has 0 spiro atoms. The van der Waals surface area contributed by atoms with Crippen molar-refractivity contribution in [1.82, 2.24) is 4.90 Å². The molecule has 0 aliphatic heterocycles. The van der Waals surface area contributed by atoms with Crippen LogP contribution in [0.3, 0.4) is 0 Å². The topological polar surface area (TPSA) is 23.5 Å². The highest BCUT2D eigenvalue weighted by molar-refractivity contribution is 7.12. The molecule has 0 fully saturated rings. The van der Waals surface area contributed by atoms with Crippen LogP contribution in [0.2, 0.25) is 0 Å². The summed E-state index contributed by atoms with van der Waals surface area (Å²) in [6.07, 6.45) is 0. The zero-order chi connectivity index (χ0) is 15.5. The summed E-state index contributed by atoms with van der Waals surface area (Å²) in [6, 6.07) is 8.84. The average Bonchev–Trinajstić information content (AvgIpc) is 3.06. The molecule has 112 valence electrons. The Morgan fingerprint density at radius 2 is 2.10 bits per heavy atom. The molecule has 0 saturated carbocycles. The third-order valence-electron chi connectivity index (χ3n) is 3.17. The third-order valence-corrected chi connectivity index (χ3v) is 5.20. The van der Waals surface area contributed by atoms with Crippen LogP contribution in [0.25, 0.3) is 0 Å². The number of hydrogen-bond donors (Lipinski definition) is 1. The van der Waals surface area contributed by atoms with E-state index in [4.69, 9.17) is 0 Å². The number of hydrogen-bond acceptors (Lipinski definition) is 4. The highest BCUT2D eigenvalue weighted by atomic mass is 32.1. The van der Waals surface area contributed by atoms with Gasteiger partial charge in [-0.1, -0.05) is 17.9 Å². The highest BCUT2D eigenvalue weighted by Gasteiger charge is 2.13. The molecule has 0 amide bonds. The summed E-state index contributed by atoms with van der Waals surface area (Å²) in [4.78, 5) is 6.02. The maximum Gasteiger partial charge on any atom is 0.120 e. The van der Waals surface area contributed by atoms with Crippen LogP contribution in [-0.4, -0.2) is 22.7 Å². The van der Waals surface area contributed by atoms with E-state index in [-0.39, 0.29) is 0 Å². The predicted molar refractivity (Wildman–Crippen MR) is 91.7 cm³/mol. The van der Waals surface area contributed by atoms with Gasteiger partial charge in [-0.25, -0.2) is 0 Å². The van der Waals surface area contributed by atoms with Gasteiger partial charge in [0.1, 0.15) is 5.60 Å². The molecule has 0 radical (unpaired) electrons. The number of nitrogens with zero attached hydrogens (tertiary/aromatic N) is 1. The molecule has 2 aromatic heterocycles. The van der Waals surface area contributed by atoms with E-state index >= 15 is 0 Å². The fraction of sp³-hybridized carbons (Fsp3) is 0.412. The maximum atomic E-state index is 9.63. The van der Waals surface area contributed by atoms with Gasteiger partial charge in [0, 0.05) is 22.3 Å². The van der Waals surface area contributed by atoms with Crippen molar-refractivity contribution in [2.75, 3.05) is 7.05 Å². The van der Waals surface area contributed by atoms with Gasteiger partial charge in [0.25, 0.3) is 0 Å². The first-order valence-electron chi connectivity index (χ1n) is 6.93. The van der Waals surface area contributed by atoms with Gasteiger partial charge in [0.2, 0.25) is 0 Å². The summed E-state index contributed by atoms with van der Waals surface area (Å²) in [7, 11) is 2.15. The molecule has 0 aliphatic carbocycles. The Morgan fingerprint density at radius 1 is 1.33 bits per heavy atom. The van der Waals surface area contributed by atoms with Gasteiger partial charge in [-0.2, -0.15) is 0 Å². The highest BCUT2D eigenvalue weighted by Crippen LogP contribution is 2.26. The van der Waals surface area contributed by atoms with E-state index in [1.807, 2.05) is 6.07 Å². The van der Waals surface area contributed by atoms with Gasteiger partial charge < -0.3 is 5.11 Å². The van der Waals surface area contributed by atoms with E-state index in [0.29, 0.717) is 6.04 Å². The predicted octanol–water partition coefficient (Wildman–Crippen LogP) is 4.13. The smallest absolute Gasteiger partial charge is 0.120 e. The molecule has 2 heterocycles. The monoisotopic (exact) mass is 319 g/mol. The molecular weight excluding hydrogens is 298 g/mol. The van der Waals surface area contributed by atoms with Gasteiger partial charge in [-0.05, 0) is 51.4 Å². The van der Waals surface area contributed by atoms with Crippen molar-refractivity contribution < 1.29 is 5.11 Å². The molecule has 0 unspecified atom stereocenters. The first kappa shape index (κ1) is 16.3. The second kappa shape index (κ2) is 6.76. The van der Waals surface area contributed by atoms with Gasteiger partial charge in [0.15, 0.2) is 0 Å². The van der Waals surface area contributed by atoms with E-state index in [1.165, 1.54) is 9.75 Å². The minimum atomic E-state index is -0.936. The lowest BCUT2D eigenvalue weighted by molar-refractivity contribution is 0.143. The lowest BCUT2D eigenvalue weighted by Crippen LogP contribution is -2.20. The van der Waals surface area contributed by atoms with Crippen molar-refractivity contribution in [2.45, 2.75) is 39.0 Å². The summed E-state index contributed by atoms with van der Waals surface area (Å²) in [5, 5.41) is 11.8. The van der Waals surface area contributed by atoms with Crippen LogP contribution in [0.4, 0.5) is 0 Å². The van der Waals surface area contributed by atoms with Crippen molar-refractivity contribution in [1.29, 1.82) is 0 Å². The largest absolute Gasteiger partial charge is 0.378 e. The summed E-state index contributed by atoms with van der Waals surface area (Å²) in [5.74, 6) is 5.89. The maximum absolute atomic E-state index is 9.63. The van der Waals surface area contributed by atoms with E-state index < -0.39 is 5.60 Å². The summed E-state index contributed by atoms with van der Waals surface area (Å²) < 4.78 is 0. The molecule has 1 atom stereocenters. The second-order valence-electron chi connectivity index (χ2n) is 5.68. The molecule has 2 aromatic rings. The first-order chi connectivity index (χ1) is 9.85. The fourth-order valence-corrected chi connectivity index (χ4v) is 3.65. The Kier molecular flexibility index (Phi) is 5.23. The van der Waals surface area contributed by atoms with Crippen LogP contribution in [0.5, 0.6) is 0 Å². The Hall–Kier alpha value is -1.12. The van der Waals surface area contributed by atoms with Crippen LogP contribution in [0, 0.1) is 11.8 Å². The molecule has 21 heavy (non-hydrogen) atoms. The third kappa shape index (κ3) is 4.98. The number of rotatable bonds is 4. The first-order valence-corrected chi connectivity index (χ1v) is 8.63. The van der Waals surface area contributed by atoms with Crippen molar-refractivity contribution in [3.05, 3.63) is 44.3 Å². The summed E-state index contributed by atoms with van der Waals surface area (Å²) in [5.41, 5.74) is -0.936. The Balaban J connectivity index is 2.00. The van der Waals surface area contributed by atoms with Gasteiger partial charge in [-0.3, -0.25) is 4.90 Å². The number of thiophene rings is 2. The zero-order valence-corrected chi connectivity index (χ0v) is 14.5. The van der Waals surface area contributed by atoms with Gasteiger partial charge in [-0.15, -0.1) is 22.7 Å². The lowest BCUT2D eigenvalue weighted by atomic mass is 10.1. The van der Waals surface area contributed by atoms with Crippen LogP contribution < -0.4 is 0 Å². The van der Waals surface area contributed by atoms with Crippen LogP contribution in [0.1, 0.15) is 41.4 Å². The lowest BCUT2D eigenvalue weighted by Gasteiger charge is -2.22. The van der Waals surface area contributed by atoms with Gasteiger partial charge >= 0.3 is 0 Å². The number of aliphatic hydroxyl groups is 1. The molecule has 0 aromatic carbocycles. The zero-order valence-electron chi connectivity index (χ0n) is 12.9. The van der Waals surface area contributed by atoms with E-state index in [1.54, 1.807) is 36.5 Å². The minimum Gasteiger partial charge on any atom is -0.378 e. The molecule has 1 N–H and O–H groups in total. The van der Waals surface area contributed by atoms with Crippen molar-refractivity contribution in [2.24, 2.45) is 0 Å². The average molecular weight is 319 g/mol. The summed E-state index contributed by atoms with van der Waals surface area (Å²) in [6.45, 7) is 6.54. The van der Waals surface area contributed by atoms with Gasteiger partial charge in [0.05, 0.1) is 4.88 Å². The van der Waals surface area contributed by atoms with Crippen molar-refractivity contribution in [3.8, 4) is 11.8 Å². The Morgan fingerprint density at radius 3 is 2.71 bits per heavy atom. The van der Waals surface area contributed by atoms with E-state index in [2.05, 4.69) is 54.3 Å².